The molecule has 9 nitrogen and oxygen atoms in total. The van der Waals surface area contributed by atoms with Crippen LogP contribution < -0.4 is 24.5 Å². The summed E-state index contributed by atoms with van der Waals surface area (Å²) in [7, 11) is 0. The lowest BCUT2D eigenvalue weighted by Gasteiger charge is -2.28. The number of benzene rings is 15. The van der Waals surface area contributed by atoms with Gasteiger partial charge in [-0.2, -0.15) is 0 Å². The Kier molecular flexibility index (Phi) is 15.4. The van der Waals surface area contributed by atoms with E-state index in [0.717, 1.165) is 140 Å². The van der Waals surface area contributed by atoms with Crippen molar-refractivity contribution in [3.63, 3.8) is 0 Å². The molecule has 0 atom stereocenters. The summed E-state index contributed by atoms with van der Waals surface area (Å²) >= 11 is 0. The van der Waals surface area contributed by atoms with Gasteiger partial charge in [-0.15, -0.1) is 0 Å². The van der Waals surface area contributed by atoms with Crippen molar-refractivity contribution in [1.82, 2.24) is 9.13 Å². The van der Waals surface area contributed by atoms with E-state index in [1.54, 1.807) is 24.3 Å². The van der Waals surface area contributed by atoms with E-state index in [2.05, 4.69) is 367 Å². The summed E-state index contributed by atoms with van der Waals surface area (Å²) in [5.41, 5.74) is 20.6. The maximum absolute atomic E-state index is 10.9. The number of para-hydroxylation sites is 8. The summed E-state index contributed by atoms with van der Waals surface area (Å²) in [6.07, 6.45) is 0. The summed E-state index contributed by atoms with van der Waals surface area (Å²) in [5, 5.41) is 26.1. The molecule has 2 N–H and O–H groups in total. The van der Waals surface area contributed by atoms with Crippen LogP contribution in [0.2, 0.25) is 0 Å². The summed E-state index contributed by atoms with van der Waals surface area (Å²) in [4.78, 5) is 11.5. The van der Waals surface area contributed by atoms with Crippen LogP contribution in [0, 0.1) is 0 Å². The Morgan fingerprint density at radius 3 is 0.556 bits per heavy atom. The maximum Gasteiger partial charge on any atom is 0.115 e. The second-order valence-corrected chi connectivity index (χ2v) is 24.6. The molecule has 9 heteroatoms. The lowest BCUT2D eigenvalue weighted by molar-refractivity contribution is 0.475. The van der Waals surface area contributed by atoms with E-state index in [0.29, 0.717) is 0 Å². The first-order valence-electron chi connectivity index (χ1n) is 33.3. The Morgan fingerprint density at radius 2 is 0.343 bits per heavy atom. The van der Waals surface area contributed by atoms with Crippen molar-refractivity contribution in [2.45, 2.75) is 0 Å². The van der Waals surface area contributed by atoms with Gasteiger partial charge in [-0.05, 0) is 237 Å². The van der Waals surface area contributed by atoms with Crippen molar-refractivity contribution in [3.05, 3.63) is 382 Å². The second-order valence-electron chi connectivity index (χ2n) is 24.6. The van der Waals surface area contributed by atoms with Gasteiger partial charge in [-0.3, -0.25) is 0 Å². The molecule has 0 fully saturated rings. The quantitative estimate of drug-likeness (QED) is 0.0942. The van der Waals surface area contributed by atoms with Gasteiger partial charge in [0.05, 0.1) is 39.1 Å². The molecule has 0 aliphatic carbocycles. The number of phenolic OH excluding ortho intramolecular Hbond substituents is 2. The number of rotatable bonds is 17. The topological polar surface area (TPSA) is 66.5 Å². The summed E-state index contributed by atoms with van der Waals surface area (Å²) < 4.78 is 4.84. The van der Waals surface area contributed by atoms with Crippen LogP contribution in [0.25, 0.3) is 55.0 Å². The van der Waals surface area contributed by atoms with Crippen molar-refractivity contribution < 1.29 is 10.2 Å². The Balaban J connectivity index is 0.965. The summed E-state index contributed by atoms with van der Waals surface area (Å²) in [6.45, 7) is 0. The highest BCUT2D eigenvalue weighted by molar-refractivity contribution is 6.14. The van der Waals surface area contributed by atoms with Gasteiger partial charge in [0, 0.05) is 101 Å². The summed E-state index contributed by atoms with van der Waals surface area (Å²) in [6, 6.07) is 134. The monoisotopic (exact) mass is 1280 g/mol. The molecule has 0 aliphatic heterocycles. The molecule has 0 spiro atoms. The van der Waals surface area contributed by atoms with Crippen molar-refractivity contribution in [1.29, 1.82) is 0 Å². The first-order valence-corrected chi connectivity index (χ1v) is 33.3. The van der Waals surface area contributed by atoms with Crippen LogP contribution in [-0.2, 0) is 0 Å². The molecule has 0 unspecified atom stereocenters. The van der Waals surface area contributed by atoms with E-state index in [1.807, 2.05) is 24.3 Å². The minimum Gasteiger partial charge on any atom is -0.508 e. The average Bonchev–Trinajstić information content (AvgIpc) is 1.58. The van der Waals surface area contributed by atoms with Crippen LogP contribution in [0.1, 0.15) is 0 Å². The molecule has 0 aliphatic rings. The molecule has 17 aromatic rings. The molecule has 2 heterocycles. The molecule has 472 valence electrons. The van der Waals surface area contributed by atoms with Gasteiger partial charge in [0.1, 0.15) is 11.5 Å². The minimum absolute atomic E-state index is 0.152. The molecule has 0 radical (unpaired) electrons. The maximum atomic E-state index is 10.9. The van der Waals surface area contributed by atoms with Gasteiger partial charge >= 0.3 is 0 Å². The van der Waals surface area contributed by atoms with Crippen LogP contribution in [0.5, 0.6) is 11.5 Å². The highest BCUT2D eigenvalue weighted by atomic mass is 16.3. The lowest BCUT2D eigenvalue weighted by Crippen LogP contribution is -2.12. The number of nitrogens with zero attached hydrogens (tertiary/aromatic N) is 7. The van der Waals surface area contributed by atoms with E-state index in [1.165, 1.54) is 0 Å². The molecular weight excluding hydrogens is 1210 g/mol. The number of hydrogen-bond acceptors (Lipinski definition) is 7. The van der Waals surface area contributed by atoms with Gasteiger partial charge in [0.2, 0.25) is 0 Å². The van der Waals surface area contributed by atoms with E-state index < -0.39 is 0 Å². The fourth-order valence-electron chi connectivity index (χ4n) is 14.1. The van der Waals surface area contributed by atoms with Crippen molar-refractivity contribution in [2.24, 2.45) is 0 Å². The zero-order valence-electron chi connectivity index (χ0n) is 53.9. The van der Waals surface area contributed by atoms with Crippen molar-refractivity contribution in [3.8, 4) is 22.9 Å². The normalized spacial score (nSPS) is 11.3. The Bertz CT molecular complexity index is 4900. The van der Waals surface area contributed by atoms with Gasteiger partial charge in [-0.1, -0.05) is 146 Å². The van der Waals surface area contributed by atoms with E-state index in [9.17, 15) is 10.2 Å². The standard InChI is InChI=1S/C90H65N7O2/c98-81-49-41-72(42-50-81)95(73-43-51-82(99)52-44-73)78-57-79(96-87-53-45-74(91(64-25-9-1-10-26-64)65-27-11-2-12-28-65)60-83(87)84-61-75(46-54-88(84)96)92(66-29-13-3-14-30-66)67-31-15-4-16-32-67)59-80(58-78)97-89-55-47-76(93(68-33-17-5-18-34-68)69-35-19-6-20-36-69)62-85(89)86-63-77(48-56-90(86)97)94(70-37-21-7-22-38-70)71-39-23-8-24-40-71/h1-63,98-99H. The van der Waals surface area contributed by atoms with Gasteiger partial charge in [0.25, 0.3) is 0 Å². The number of hydrogen-bond donors (Lipinski definition) is 2. The van der Waals surface area contributed by atoms with Crippen LogP contribution in [0.4, 0.5) is 85.3 Å². The molecule has 99 heavy (non-hydrogen) atoms. The van der Waals surface area contributed by atoms with Crippen LogP contribution in [0.3, 0.4) is 0 Å². The third-order valence-corrected chi connectivity index (χ3v) is 18.5. The summed E-state index contributed by atoms with van der Waals surface area (Å²) in [5.74, 6) is 0.304. The second kappa shape index (κ2) is 25.7. The van der Waals surface area contributed by atoms with Crippen LogP contribution in [-0.4, -0.2) is 19.3 Å². The smallest absolute Gasteiger partial charge is 0.115 e. The molecule has 0 amide bonds. The number of aromatic hydroxyl groups is 2. The predicted molar refractivity (Wildman–Crippen MR) is 412 cm³/mol. The molecule has 15 aromatic carbocycles. The SMILES string of the molecule is Oc1ccc(N(c2ccc(O)cc2)c2cc(-n3c4ccc(N(c5ccccc5)c5ccccc5)cc4c4cc(N(c5ccccc5)c5ccccc5)ccc43)cc(-n3c4ccc(N(c5ccccc5)c5ccccc5)cc4c4cc(N(c5ccccc5)c5ccccc5)ccc43)c2)cc1. The van der Waals surface area contributed by atoms with E-state index >= 15 is 0 Å². The largest absolute Gasteiger partial charge is 0.508 e. The Morgan fingerprint density at radius 1 is 0.162 bits per heavy atom. The fourth-order valence-corrected chi connectivity index (χ4v) is 14.1. The molecular formula is C90H65N7O2. The molecule has 0 saturated carbocycles. The Labute approximate surface area is 574 Å². The third kappa shape index (κ3) is 11.2. The zero-order valence-corrected chi connectivity index (χ0v) is 53.9. The number of fused-ring (bicyclic) bond motifs is 6. The molecule has 2 aromatic heterocycles. The highest BCUT2D eigenvalue weighted by Gasteiger charge is 2.26. The van der Waals surface area contributed by atoms with Gasteiger partial charge in [0.15, 0.2) is 0 Å². The first-order chi connectivity index (χ1) is 48.9. The van der Waals surface area contributed by atoms with Crippen LogP contribution >= 0.6 is 0 Å². The van der Waals surface area contributed by atoms with Crippen LogP contribution in [0.15, 0.2) is 382 Å². The molecule has 0 bridgehead atoms. The number of anilines is 15. The molecule has 0 saturated heterocycles. The zero-order chi connectivity index (χ0) is 66.2. The lowest BCUT2D eigenvalue weighted by atomic mass is 10.1. The predicted octanol–water partition coefficient (Wildman–Crippen LogP) is 24.6. The van der Waals surface area contributed by atoms with Crippen molar-refractivity contribution in [2.75, 3.05) is 24.5 Å². The molecule has 17 rings (SSSR count). The first kappa shape index (κ1) is 59.3. The fraction of sp³-hybridized carbons (Fsp3) is 0. The third-order valence-electron chi connectivity index (χ3n) is 18.5. The van der Waals surface area contributed by atoms with Gasteiger partial charge in [-0.25, -0.2) is 0 Å². The Hall–Kier alpha value is -13.5. The number of aromatic nitrogens is 2. The van der Waals surface area contributed by atoms with Crippen molar-refractivity contribution >= 4 is 129 Å². The minimum atomic E-state index is 0.152. The average molecular weight is 1280 g/mol. The van der Waals surface area contributed by atoms with Gasteiger partial charge < -0.3 is 43.8 Å². The number of phenols is 2. The highest BCUT2D eigenvalue weighted by Crippen LogP contribution is 2.48. The van der Waals surface area contributed by atoms with E-state index in [-0.39, 0.29) is 11.5 Å². The van der Waals surface area contributed by atoms with E-state index in [4.69, 9.17) is 0 Å².